The van der Waals surface area contributed by atoms with Crippen molar-refractivity contribution in [1.29, 1.82) is 5.26 Å². The van der Waals surface area contributed by atoms with Crippen LogP contribution in [-0.2, 0) is 19.6 Å². The quantitative estimate of drug-likeness (QED) is 0.467. The summed E-state index contributed by atoms with van der Waals surface area (Å²) in [6.45, 7) is 4.57. The van der Waals surface area contributed by atoms with Crippen LogP contribution in [0, 0.1) is 25.2 Å². The summed E-state index contributed by atoms with van der Waals surface area (Å²) in [4.78, 5) is 20.9. The van der Waals surface area contributed by atoms with Crippen LogP contribution in [0.2, 0.25) is 0 Å². The number of thioether (sulfide) groups is 1. The lowest BCUT2D eigenvalue weighted by Gasteiger charge is -2.26. The average molecular weight is 478 g/mol. The molecule has 0 atom stereocenters. The molecule has 2 aromatic rings. The number of nitrogens with one attached hydrogen (secondary N) is 1. The van der Waals surface area contributed by atoms with Crippen LogP contribution in [0.5, 0.6) is 5.75 Å². The first-order valence-electron chi connectivity index (χ1n) is 9.70. The van der Waals surface area contributed by atoms with Gasteiger partial charge in [-0.05, 0) is 32.0 Å². The van der Waals surface area contributed by atoms with E-state index in [-0.39, 0.29) is 35.4 Å². The highest BCUT2D eigenvalue weighted by Gasteiger charge is 2.29. The van der Waals surface area contributed by atoms with Gasteiger partial charge in [-0.3, -0.25) is 4.79 Å². The number of ether oxygens (including phenoxy) is 2. The fourth-order valence-electron chi connectivity index (χ4n) is 3.13. The van der Waals surface area contributed by atoms with Crippen molar-refractivity contribution in [3.63, 3.8) is 0 Å². The topological polar surface area (TPSA) is 135 Å². The van der Waals surface area contributed by atoms with Gasteiger partial charge >= 0.3 is 0 Å². The molecule has 0 aliphatic carbocycles. The molecule has 10 nitrogen and oxygen atoms in total. The molecule has 1 amide bonds. The number of carbonyl (C=O) groups is 1. The second kappa shape index (κ2) is 10.3. The molecule has 1 aromatic heterocycles. The molecule has 1 saturated heterocycles. The monoisotopic (exact) mass is 477 g/mol. The molecule has 1 aliphatic rings. The zero-order chi connectivity index (χ0) is 23.3. The van der Waals surface area contributed by atoms with E-state index < -0.39 is 10.0 Å². The number of hydrogen-bond donors (Lipinski definition) is 1. The molecule has 32 heavy (non-hydrogen) atoms. The minimum Gasteiger partial charge on any atom is -0.495 e. The third-order valence-electron chi connectivity index (χ3n) is 4.66. The second-order valence-corrected chi connectivity index (χ2v) is 9.74. The third-order valence-corrected chi connectivity index (χ3v) is 7.55. The van der Waals surface area contributed by atoms with Crippen LogP contribution in [0.15, 0.2) is 28.1 Å². The number of benzene rings is 1. The second-order valence-electron chi connectivity index (χ2n) is 6.87. The van der Waals surface area contributed by atoms with Crippen molar-refractivity contribution in [3.8, 4) is 11.8 Å². The molecule has 1 aromatic carbocycles. The molecule has 2 heterocycles. The Morgan fingerprint density at radius 2 is 2.03 bits per heavy atom. The van der Waals surface area contributed by atoms with Crippen molar-refractivity contribution >= 4 is 33.4 Å². The summed E-state index contributed by atoms with van der Waals surface area (Å²) in [6, 6.07) is 6.51. The number of methoxy groups -OCH3 is 1. The molecule has 1 aliphatic heterocycles. The Bertz CT molecular complexity index is 1160. The summed E-state index contributed by atoms with van der Waals surface area (Å²) in [6.07, 6.45) is 0. The largest absolute Gasteiger partial charge is 0.495 e. The summed E-state index contributed by atoms with van der Waals surface area (Å²) in [5.41, 5.74) is 1.20. The van der Waals surface area contributed by atoms with Gasteiger partial charge in [-0.2, -0.15) is 9.57 Å². The van der Waals surface area contributed by atoms with Gasteiger partial charge < -0.3 is 14.8 Å². The van der Waals surface area contributed by atoms with Gasteiger partial charge in [0.25, 0.3) is 0 Å². The first-order valence-corrected chi connectivity index (χ1v) is 12.1. The average Bonchev–Trinajstić information content (AvgIpc) is 2.78. The predicted octanol–water partition coefficient (Wildman–Crippen LogP) is 1.73. The Labute approximate surface area is 191 Å². The van der Waals surface area contributed by atoms with Crippen molar-refractivity contribution < 1.29 is 22.7 Å². The predicted molar refractivity (Wildman–Crippen MR) is 118 cm³/mol. The van der Waals surface area contributed by atoms with E-state index in [0.717, 1.165) is 11.8 Å². The van der Waals surface area contributed by atoms with Crippen LogP contribution >= 0.6 is 11.8 Å². The molecular weight excluding hydrogens is 454 g/mol. The van der Waals surface area contributed by atoms with Gasteiger partial charge in [0.2, 0.25) is 15.9 Å². The first-order chi connectivity index (χ1) is 15.3. The molecule has 0 spiro atoms. The van der Waals surface area contributed by atoms with Gasteiger partial charge in [-0.1, -0.05) is 11.8 Å². The number of aryl methyl sites for hydroxylation is 2. The van der Waals surface area contributed by atoms with E-state index >= 15 is 0 Å². The highest BCUT2D eigenvalue weighted by atomic mass is 32.2. The molecule has 170 valence electrons. The van der Waals surface area contributed by atoms with E-state index in [1.807, 2.05) is 0 Å². The molecule has 1 fully saturated rings. The van der Waals surface area contributed by atoms with Crippen LogP contribution in [0.4, 0.5) is 5.69 Å². The maximum absolute atomic E-state index is 13.1. The Morgan fingerprint density at radius 1 is 1.31 bits per heavy atom. The SMILES string of the molecule is COc1ccc(NC(=O)CSc2nc(C)nc(C)c2C#N)cc1S(=O)(=O)N1CCOCC1. The minimum absolute atomic E-state index is 0.0118. The molecule has 0 bridgehead atoms. The van der Waals surface area contributed by atoms with Crippen molar-refractivity contribution in [2.24, 2.45) is 0 Å². The van der Waals surface area contributed by atoms with Crippen molar-refractivity contribution in [2.75, 3.05) is 44.5 Å². The van der Waals surface area contributed by atoms with E-state index in [9.17, 15) is 18.5 Å². The fourth-order valence-corrected chi connectivity index (χ4v) is 5.59. The number of anilines is 1. The van der Waals surface area contributed by atoms with Crippen LogP contribution < -0.4 is 10.1 Å². The van der Waals surface area contributed by atoms with Gasteiger partial charge in [-0.15, -0.1) is 0 Å². The summed E-state index contributed by atoms with van der Waals surface area (Å²) < 4.78 is 38.0. The Kier molecular flexibility index (Phi) is 7.68. The number of nitrogens with zero attached hydrogens (tertiary/aromatic N) is 4. The molecule has 3 rings (SSSR count). The number of morpholine rings is 1. The standard InChI is InChI=1S/C20H23N5O5S2/c1-13-16(11-21)20(23-14(2)22-13)31-12-19(26)24-15-4-5-17(29-3)18(10-15)32(27,28)25-6-8-30-9-7-25/h4-5,10H,6-9,12H2,1-3H3,(H,24,26). The van der Waals surface area contributed by atoms with E-state index in [1.54, 1.807) is 19.9 Å². The van der Waals surface area contributed by atoms with E-state index in [0.29, 0.717) is 41.0 Å². The number of amides is 1. The number of sulfonamides is 1. The van der Waals surface area contributed by atoms with Crippen LogP contribution in [0.3, 0.4) is 0 Å². The maximum atomic E-state index is 13.1. The number of aromatic nitrogens is 2. The molecule has 0 radical (unpaired) electrons. The molecule has 1 N–H and O–H groups in total. The molecule has 12 heteroatoms. The van der Waals surface area contributed by atoms with Gasteiger partial charge in [-0.25, -0.2) is 18.4 Å². The van der Waals surface area contributed by atoms with E-state index in [2.05, 4.69) is 21.4 Å². The number of rotatable bonds is 7. The Morgan fingerprint density at radius 3 is 2.69 bits per heavy atom. The summed E-state index contributed by atoms with van der Waals surface area (Å²) in [5, 5.41) is 12.5. The van der Waals surface area contributed by atoms with Gasteiger partial charge in [0, 0.05) is 18.8 Å². The number of hydrogen-bond acceptors (Lipinski definition) is 9. The Balaban J connectivity index is 1.76. The molecule has 0 saturated carbocycles. The van der Waals surface area contributed by atoms with Gasteiger partial charge in [0.1, 0.15) is 33.1 Å². The fraction of sp³-hybridized carbons (Fsp3) is 0.400. The first kappa shape index (κ1) is 23.9. The van der Waals surface area contributed by atoms with Crippen molar-refractivity contribution in [3.05, 3.63) is 35.3 Å². The van der Waals surface area contributed by atoms with Crippen LogP contribution in [0.1, 0.15) is 17.1 Å². The zero-order valence-electron chi connectivity index (χ0n) is 17.9. The lowest BCUT2D eigenvalue weighted by Crippen LogP contribution is -2.40. The highest BCUT2D eigenvalue weighted by Crippen LogP contribution is 2.30. The van der Waals surface area contributed by atoms with Crippen LogP contribution in [0.25, 0.3) is 0 Å². The lowest BCUT2D eigenvalue weighted by atomic mass is 10.3. The normalized spacial score (nSPS) is 14.6. The molecular formula is C20H23N5O5S2. The van der Waals surface area contributed by atoms with Gasteiger partial charge in [0.05, 0.1) is 31.8 Å². The van der Waals surface area contributed by atoms with Gasteiger partial charge in [0.15, 0.2) is 0 Å². The highest BCUT2D eigenvalue weighted by molar-refractivity contribution is 8.00. The molecule has 0 unspecified atom stereocenters. The minimum atomic E-state index is -3.82. The summed E-state index contributed by atoms with van der Waals surface area (Å²) >= 11 is 1.12. The summed E-state index contributed by atoms with van der Waals surface area (Å²) in [7, 11) is -2.43. The van der Waals surface area contributed by atoms with Crippen molar-refractivity contribution in [1.82, 2.24) is 14.3 Å². The lowest BCUT2D eigenvalue weighted by molar-refractivity contribution is -0.113. The summed E-state index contributed by atoms with van der Waals surface area (Å²) in [5.74, 6) is 0.321. The van der Waals surface area contributed by atoms with E-state index in [1.165, 1.54) is 23.5 Å². The number of carbonyl (C=O) groups excluding carboxylic acids is 1. The van der Waals surface area contributed by atoms with E-state index in [4.69, 9.17) is 9.47 Å². The Hall–Kier alpha value is -2.72. The van der Waals surface area contributed by atoms with Crippen LogP contribution in [-0.4, -0.2) is 67.8 Å². The maximum Gasteiger partial charge on any atom is 0.246 e. The third kappa shape index (κ3) is 5.36. The number of nitriles is 1. The smallest absolute Gasteiger partial charge is 0.246 e. The van der Waals surface area contributed by atoms with Crippen molar-refractivity contribution in [2.45, 2.75) is 23.8 Å². The zero-order valence-corrected chi connectivity index (χ0v) is 19.5.